The molecule has 3 aromatic rings. The van der Waals surface area contributed by atoms with Gasteiger partial charge in [0.1, 0.15) is 0 Å². The first kappa shape index (κ1) is 20.8. The van der Waals surface area contributed by atoms with Crippen LogP contribution in [0.2, 0.25) is 10.0 Å². The van der Waals surface area contributed by atoms with Gasteiger partial charge in [-0.25, -0.2) is 4.99 Å². The number of amides is 1. The second-order valence-electron chi connectivity index (χ2n) is 7.05. The van der Waals surface area contributed by atoms with Crippen LogP contribution in [0.1, 0.15) is 22.5 Å². The molecule has 7 heteroatoms. The number of benzene rings is 2. The van der Waals surface area contributed by atoms with Gasteiger partial charge in [-0.1, -0.05) is 29.3 Å². The van der Waals surface area contributed by atoms with Crippen molar-refractivity contribution in [3.8, 4) is 5.69 Å². The highest BCUT2D eigenvalue weighted by Gasteiger charge is 2.25. The molecule has 0 saturated carbocycles. The van der Waals surface area contributed by atoms with Gasteiger partial charge in [-0.15, -0.1) is 0 Å². The van der Waals surface area contributed by atoms with E-state index in [-0.39, 0.29) is 5.91 Å². The van der Waals surface area contributed by atoms with Crippen molar-refractivity contribution >= 4 is 57.8 Å². The first-order chi connectivity index (χ1) is 14.3. The van der Waals surface area contributed by atoms with E-state index in [1.54, 1.807) is 6.07 Å². The largest absolute Gasteiger partial charge is 0.318 e. The van der Waals surface area contributed by atoms with Gasteiger partial charge in [0.05, 0.1) is 10.6 Å². The minimum Gasteiger partial charge on any atom is -0.318 e. The van der Waals surface area contributed by atoms with Crippen molar-refractivity contribution < 1.29 is 4.79 Å². The number of amidine groups is 1. The van der Waals surface area contributed by atoms with Crippen molar-refractivity contribution in [3.63, 3.8) is 0 Å². The Bertz CT molecular complexity index is 1230. The predicted molar refractivity (Wildman–Crippen MR) is 127 cm³/mol. The van der Waals surface area contributed by atoms with Gasteiger partial charge in [0.25, 0.3) is 5.91 Å². The van der Waals surface area contributed by atoms with Crippen LogP contribution in [0.4, 0.5) is 5.69 Å². The van der Waals surface area contributed by atoms with Crippen LogP contribution in [-0.2, 0) is 4.79 Å². The number of carbonyl (C=O) groups is 1. The number of aromatic nitrogens is 1. The average Bonchev–Trinajstić information content (AvgIpc) is 3.16. The molecule has 1 saturated heterocycles. The van der Waals surface area contributed by atoms with E-state index in [0.29, 0.717) is 20.1 Å². The number of nitrogens with one attached hydrogen (secondary N) is 1. The molecule has 1 amide bonds. The SMILES string of the molecule is Cc1cc(Cl)ccc1N=C1NC(=O)/C(=C/c2cc(C)n(-c3cccc(Cl)c3)c2C)S1. The van der Waals surface area contributed by atoms with Crippen LogP contribution in [0.3, 0.4) is 0 Å². The highest BCUT2D eigenvalue weighted by atomic mass is 35.5. The van der Waals surface area contributed by atoms with E-state index < -0.39 is 0 Å². The Kier molecular flexibility index (Phi) is 5.78. The summed E-state index contributed by atoms with van der Waals surface area (Å²) in [6.45, 7) is 6.01. The molecule has 2 aromatic carbocycles. The van der Waals surface area contributed by atoms with Crippen molar-refractivity contribution in [2.45, 2.75) is 20.8 Å². The lowest BCUT2D eigenvalue weighted by Crippen LogP contribution is -2.19. The number of carbonyl (C=O) groups excluding carboxylic acids is 1. The molecule has 0 radical (unpaired) electrons. The van der Waals surface area contributed by atoms with Crippen LogP contribution < -0.4 is 5.32 Å². The number of hydrogen-bond acceptors (Lipinski definition) is 3. The molecule has 1 N–H and O–H groups in total. The van der Waals surface area contributed by atoms with E-state index >= 15 is 0 Å². The Morgan fingerprint density at radius 2 is 1.80 bits per heavy atom. The van der Waals surface area contributed by atoms with Crippen LogP contribution in [0.15, 0.2) is 58.4 Å². The van der Waals surface area contributed by atoms with Gasteiger partial charge in [0, 0.05) is 27.1 Å². The highest BCUT2D eigenvalue weighted by molar-refractivity contribution is 8.18. The van der Waals surface area contributed by atoms with Gasteiger partial charge in [-0.05, 0) is 92.2 Å². The van der Waals surface area contributed by atoms with Gasteiger partial charge in [0.2, 0.25) is 0 Å². The summed E-state index contributed by atoms with van der Waals surface area (Å²) in [4.78, 5) is 17.7. The fourth-order valence-corrected chi connectivity index (χ4v) is 4.66. The summed E-state index contributed by atoms with van der Waals surface area (Å²) in [5.41, 5.74) is 5.81. The van der Waals surface area contributed by atoms with Crippen molar-refractivity contribution in [1.82, 2.24) is 9.88 Å². The molecule has 30 heavy (non-hydrogen) atoms. The Balaban J connectivity index is 1.65. The Morgan fingerprint density at radius 1 is 1.03 bits per heavy atom. The van der Waals surface area contributed by atoms with E-state index in [2.05, 4.69) is 20.9 Å². The van der Waals surface area contributed by atoms with Crippen LogP contribution in [0.25, 0.3) is 11.8 Å². The lowest BCUT2D eigenvalue weighted by molar-refractivity contribution is -0.115. The first-order valence-electron chi connectivity index (χ1n) is 9.32. The quantitative estimate of drug-likeness (QED) is 0.452. The van der Waals surface area contributed by atoms with Crippen LogP contribution in [0, 0.1) is 20.8 Å². The number of aliphatic imine (C=N–C) groups is 1. The first-order valence-corrected chi connectivity index (χ1v) is 10.9. The van der Waals surface area contributed by atoms with Gasteiger partial charge < -0.3 is 9.88 Å². The van der Waals surface area contributed by atoms with E-state index in [1.807, 2.05) is 63.2 Å². The summed E-state index contributed by atoms with van der Waals surface area (Å²) in [6, 6.07) is 15.3. The Morgan fingerprint density at radius 3 is 2.53 bits per heavy atom. The Hall–Kier alpha value is -2.47. The summed E-state index contributed by atoms with van der Waals surface area (Å²) in [5.74, 6) is -0.155. The second kappa shape index (κ2) is 8.34. The molecule has 0 atom stereocenters. The summed E-state index contributed by atoms with van der Waals surface area (Å²) in [5, 5.41) is 4.75. The molecule has 4 nitrogen and oxygen atoms in total. The van der Waals surface area contributed by atoms with Crippen LogP contribution in [-0.4, -0.2) is 15.6 Å². The van der Waals surface area contributed by atoms with Crippen molar-refractivity contribution in [2.75, 3.05) is 0 Å². The summed E-state index contributed by atoms with van der Waals surface area (Å²) in [6.07, 6.45) is 1.90. The second-order valence-corrected chi connectivity index (χ2v) is 8.96. The average molecular weight is 456 g/mol. The zero-order chi connectivity index (χ0) is 21.4. The Labute approximate surface area is 189 Å². The lowest BCUT2D eigenvalue weighted by Gasteiger charge is -2.09. The number of halogens is 2. The predicted octanol–water partition coefficient (Wildman–Crippen LogP) is 6.60. The molecule has 0 bridgehead atoms. The highest BCUT2D eigenvalue weighted by Crippen LogP contribution is 2.32. The van der Waals surface area contributed by atoms with Gasteiger partial charge >= 0.3 is 0 Å². The molecular formula is C23H19Cl2N3OS. The minimum absolute atomic E-state index is 0.155. The van der Waals surface area contributed by atoms with Crippen LogP contribution >= 0.6 is 35.0 Å². The minimum atomic E-state index is -0.155. The summed E-state index contributed by atoms with van der Waals surface area (Å²) < 4.78 is 2.13. The molecule has 2 heterocycles. The molecule has 4 rings (SSSR count). The topological polar surface area (TPSA) is 46.4 Å². The fourth-order valence-electron chi connectivity index (χ4n) is 3.42. The molecule has 0 spiro atoms. The normalized spacial score (nSPS) is 16.5. The number of thioether (sulfide) groups is 1. The smallest absolute Gasteiger partial charge is 0.264 e. The van der Waals surface area contributed by atoms with Gasteiger partial charge in [-0.2, -0.15) is 0 Å². The molecule has 1 aliphatic rings. The van der Waals surface area contributed by atoms with E-state index in [9.17, 15) is 4.79 Å². The van der Waals surface area contributed by atoms with E-state index in [1.165, 1.54) is 11.8 Å². The van der Waals surface area contributed by atoms with Crippen molar-refractivity contribution in [2.24, 2.45) is 4.99 Å². The van der Waals surface area contributed by atoms with E-state index in [4.69, 9.17) is 23.2 Å². The van der Waals surface area contributed by atoms with E-state index in [0.717, 1.165) is 33.9 Å². The van der Waals surface area contributed by atoms with Gasteiger partial charge in [-0.3, -0.25) is 4.79 Å². The van der Waals surface area contributed by atoms with Crippen molar-refractivity contribution in [3.05, 3.63) is 86.0 Å². The third-order valence-corrected chi connectivity index (χ3v) is 6.24. The summed E-state index contributed by atoms with van der Waals surface area (Å²) >= 11 is 13.5. The molecule has 152 valence electrons. The lowest BCUT2D eigenvalue weighted by atomic mass is 10.2. The zero-order valence-electron chi connectivity index (χ0n) is 16.7. The zero-order valence-corrected chi connectivity index (χ0v) is 19.0. The number of aryl methyl sites for hydroxylation is 2. The molecule has 1 aliphatic heterocycles. The number of hydrogen-bond donors (Lipinski definition) is 1. The molecular weight excluding hydrogens is 437 g/mol. The number of nitrogens with zero attached hydrogens (tertiary/aromatic N) is 2. The molecule has 0 aliphatic carbocycles. The standard InChI is InChI=1S/C23H19Cl2N3OS/c1-13-9-18(25)7-8-20(13)26-23-27-22(29)21(30-23)11-16-10-14(2)28(15(16)3)19-6-4-5-17(24)12-19/h4-12H,1-3H3,(H,26,27,29)/b21-11-. The summed E-state index contributed by atoms with van der Waals surface area (Å²) in [7, 11) is 0. The maximum atomic E-state index is 12.5. The molecule has 1 aromatic heterocycles. The fraction of sp³-hybridized carbons (Fsp3) is 0.130. The number of rotatable bonds is 3. The third kappa shape index (κ3) is 4.19. The monoisotopic (exact) mass is 455 g/mol. The van der Waals surface area contributed by atoms with Crippen LogP contribution in [0.5, 0.6) is 0 Å². The van der Waals surface area contributed by atoms with Gasteiger partial charge in [0.15, 0.2) is 5.17 Å². The maximum Gasteiger partial charge on any atom is 0.264 e. The van der Waals surface area contributed by atoms with Crippen molar-refractivity contribution in [1.29, 1.82) is 0 Å². The molecule has 1 fully saturated rings. The molecule has 0 unspecified atom stereocenters. The maximum absolute atomic E-state index is 12.5. The third-order valence-electron chi connectivity index (χ3n) is 4.85.